The second-order valence-corrected chi connectivity index (χ2v) is 6.70. The van der Waals surface area contributed by atoms with Gasteiger partial charge in [0, 0.05) is 25.7 Å². The summed E-state index contributed by atoms with van der Waals surface area (Å²) in [7, 11) is 0. The SMILES string of the molecule is CCN(CCC1=CCCCC1)C(=O)c1cc2n(n1)CC(O)CNC2=O. The van der Waals surface area contributed by atoms with Crippen LogP contribution < -0.4 is 5.32 Å². The second kappa shape index (κ2) is 7.82. The summed E-state index contributed by atoms with van der Waals surface area (Å²) in [6.45, 7) is 3.62. The van der Waals surface area contributed by atoms with E-state index in [2.05, 4.69) is 16.5 Å². The average molecular weight is 346 g/mol. The molecule has 2 N–H and O–H groups in total. The van der Waals surface area contributed by atoms with Crippen molar-refractivity contribution >= 4 is 11.8 Å². The molecule has 3 rings (SSSR count). The minimum absolute atomic E-state index is 0.165. The van der Waals surface area contributed by atoms with Crippen LogP contribution in [0.5, 0.6) is 0 Å². The maximum Gasteiger partial charge on any atom is 0.274 e. The first-order valence-electron chi connectivity index (χ1n) is 9.09. The number of fused-ring (bicyclic) bond motifs is 1. The Kier molecular flexibility index (Phi) is 5.53. The monoisotopic (exact) mass is 346 g/mol. The fourth-order valence-electron chi connectivity index (χ4n) is 3.38. The zero-order valence-electron chi connectivity index (χ0n) is 14.7. The number of allylic oxidation sites excluding steroid dienone is 1. The van der Waals surface area contributed by atoms with E-state index >= 15 is 0 Å². The van der Waals surface area contributed by atoms with Gasteiger partial charge in [-0.1, -0.05) is 11.6 Å². The number of nitrogens with one attached hydrogen (secondary N) is 1. The van der Waals surface area contributed by atoms with Crippen LogP contribution in [0.4, 0.5) is 0 Å². The molecule has 25 heavy (non-hydrogen) atoms. The standard InChI is InChI=1S/C18H26N4O3/c1-2-21(9-8-13-6-4-3-5-7-13)18(25)15-10-16-17(24)19-11-14(23)12-22(16)20-15/h6,10,14,23H,2-5,7-9,11-12H2,1H3,(H,19,24). The van der Waals surface area contributed by atoms with Crippen molar-refractivity contribution in [3.63, 3.8) is 0 Å². The molecule has 0 spiro atoms. The summed E-state index contributed by atoms with van der Waals surface area (Å²) in [5.74, 6) is -0.472. The molecule has 0 bridgehead atoms. The Morgan fingerprint density at radius 3 is 3.04 bits per heavy atom. The molecule has 7 heteroatoms. The van der Waals surface area contributed by atoms with Gasteiger partial charge in [-0.25, -0.2) is 0 Å². The zero-order chi connectivity index (χ0) is 17.8. The number of rotatable bonds is 5. The number of β-amino-alcohol motifs (C(OH)–C–C–N with tert-alkyl or cyclic N) is 1. The Hall–Kier alpha value is -2.15. The molecule has 2 amide bonds. The molecule has 0 saturated heterocycles. The molecular formula is C18H26N4O3. The molecule has 0 aromatic carbocycles. The molecule has 0 fully saturated rings. The third-order valence-electron chi connectivity index (χ3n) is 4.87. The van der Waals surface area contributed by atoms with Crippen LogP contribution >= 0.6 is 0 Å². The van der Waals surface area contributed by atoms with E-state index in [9.17, 15) is 14.7 Å². The smallest absolute Gasteiger partial charge is 0.274 e. The number of carbonyl (C=O) groups is 2. The van der Waals surface area contributed by atoms with Crippen LogP contribution in [0, 0.1) is 0 Å². The number of hydrogen-bond donors (Lipinski definition) is 2. The van der Waals surface area contributed by atoms with E-state index in [4.69, 9.17) is 0 Å². The Balaban J connectivity index is 1.70. The van der Waals surface area contributed by atoms with Gasteiger partial charge in [0.25, 0.3) is 11.8 Å². The predicted molar refractivity (Wildman–Crippen MR) is 93.3 cm³/mol. The second-order valence-electron chi connectivity index (χ2n) is 6.70. The molecule has 136 valence electrons. The van der Waals surface area contributed by atoms with Crippen molar-refractivity contribution in [3.8, 4) is 0 Å². The molecule has 1 aromatic rings. The van der Waals surface area contributed by atoms with Gasteiger partial charge in [-0.15, -0.1) is 0 Å². The minimum atomic E-state index is -0.700. The van der Waals surface area contributed by atoms with Crippen molar-refractivity contribution in [2.75, 3.05) is 19.6 Å². The van der Waals surface area contributed by atoms with Crippen molar-refractivity contribution in [1.29, 1.82) is 0 Å². The van der Waals surface area contributed by atoms with Crippen LogP contribution in [-0.2, 0) is 6.54 Å². The molecule has 1 unspecified atom stereocenters. The predicted octanol–water partition coefficient (Wildman–Crippen LogP) is 1.34. The molecule has 0 saturated carbocycles. The normalized spacial score (nSPS) is 20.3. The van der Waals surface area contributed by atoms with Crippen LogP contribution in [0.25, 0.3) is 0 Å². The fourth-order valence-corrected chi connectivity index (χ4v) is 3.38. The van der Waals surface area contributed by atoms with E-state index in [1.54, 1.807) is 4.90 Å². The van der Waals surface area contributed by atoms with E-state index in [0.29, 0.717) is 18.8 Å². The average Bonchev–Trinajstić information content (AvgIpc) is 2.99. The minimum Gasteiger partial charge on any atom is -0.389 e. The highest BCUT2D eigenvalue weighted by molar-refractivity contribution is 5.98. The summed E-state index contributed by atoms with van der Waals surface area (Å²) in [6, 6.07) is 1.53. The van der Waals surface area contributed by atoms with Crippen LogP contribution in [-0.4, -0.2) is 57.3 Å². The molecule has 1 atom stereocenters. The van der Waals surface area contributed by atoms with E-state index in [0.717, 1.165) is 19.3 Å². The summed E-state index contributed by atoms with van der Waals surface area (Å²) in [6.07, 6.45) is 7.25. The van der Waals surface area contributed by atoms with E-state index in [1.165, 1.54) is 29.2 Å². The van der Waals surface area contributed by atoms with Gasteiger partial charge < -0.3 is 15.3 Å². The molecule has 0 radical (unpaired) electrons. The van der Waals surface area contributed by atoms with Crippen molar-refractivity contribution in [1.82, 2.24) is 20.0 Å². The highest BCUT2D eigenvalue weighted by atomic mass is 16.3. The lowest BCUT2D eigenvalue weighted by molar-refractivity contribution is 0.0757. The van der Waals surface area contributed by atoms with Gasteiger partial charge in [-0.3, -0.25) is 14.3 Å². The summed E-state index contributed by atoms with van der Waals surface area (Å²) < 4.78 is 1.43. The Morgan fingerprint density at radius 1 is 1.48 bits per heavy atom. The molecular weight excluding hydrogens is 320 g/mol. The third kappa shape index (κ3) is 4.10. The van der Waals surface area contributed by atoms with Gasteiger partial charge in [0.1, 0.15) is 5.69 Å². The van der Waals surface area contributed by atoms with Crippen molar-refractivity contribution in [3.05, 3.63) is 29.1 Å². The quantitative estimate of drug-likeness (QED) is 0.788. The van der Waals surface area contributed by atoms with Crippen molar-refractivity contribution in [2.45, 2.75) is 51.7 Å². The van der Waals surface area contributed by atoms with Crippen molar-refractivity contribution < 1.29 is 14.7 Å². The van der Waals surface area contributed by atoms with Gasteiger partial charge in [-0.2, -0.15) is 5.10 Å². The Morgan fingerprint density at radius 2 is 2.32 bits per heavy atom. The third-order valence-corrected chi connectivity index (χ3v) is 4.87. The van der Waals surface area contributed by atoms with Gasteiger partial charge in [-0.05, 0) is 39.0 Å². The Bertz CT molecular complexity index is 680. The largest absolute Gasteiger partial charge is 0.389 e. The lowest BCUT2D eigenvalue weighted by Crippen LogP contribution is -2.33. The first-order chi connectivity index (χ1) is 12.1. The summed E-state index contributed by atoms with van der Waals surface area (Å²) in [4.78, 5) is 26.6. The number of aliphatic hydroxyl groups excluding tert-OH is 1. The maximum absolute atomic E-state index is 12.8. The summed E-state index contributed by atoms with van der Waals surface area (Å²) >= 11 is 0. The topological polar surface area (TPSA) is 87.5 Å². The van der Waals surface area contributed by atoms with Crippen LogP contribution in [0.1, 0.15) is 60.0 Å². The van der Waals surface area contributed by atoms with E-state index < -0.39 is 6.10 Å². The van der Waals surface area contributed by atoms with Crippen LogP contribution in [0.3, 0.4) is 0 Å². The summed E-state index contributed by atoms with van der Waals surface area (Å²) in [5.41, 5.74) is 2.02. The van der Waals surface area contributed by atoms with Gasteiger partial charge in [0.05, 0.1) is 12.6 Å². The van der Waals surface area contributed by atoms with Crippen LogP contribution in [0.2, 0.25) is 0 Å². The van der Waals surface area contributed by atoms with Gasteiger partial charge >= 0.3 is 0 Å². The zero-order valence-corrected chi connectivity index (χ0v) is 14.7. The number of amides is 2. The lowest BCUT2D eigenvalue weighted by Gasteiger charge is -2.21. The number of aliphatic hydroxyl groups is 1. The Labute approximate surface area is 147 Å². The van der Waals surface area contributed by atoms with E-state index in [-0.39, 0.29) is 30.6 Å². The molecule has 1 aromatic heterocycles. The van der Waals surface area contributed by atoms with Crippen LogP contribution in [0.15, 0.2) is 17.7 Å². The van der Waals surface area contributed by atoms with E-state index in [1.807, 2.05) is 6.92 Å². The summed E-state index contributed by atoms with van der Waals surface area (Å²) in [5, 5.41) is 16.7. The number of aromatic nitrogens is 2. The number of nitrogens with zero attached hydrogens (tertiary/aromatic N) is 3. The highest BCUT2D eigenvalue weighted by Gasteiger charge is 2.26. The molecule has 2 heterocycles. The van der Waals surface area contributed by atoms with Crippen molar-refractivity contribution in [2.24, 2.45) is 0 Å². The molecule has 1 aliphatic carbocycles. The number of hydrogen-bond acceptors (Lipinski definition) is 4. The lowest BCUT2D eigenvalue weighted by atomic mass is 9.97. The fraction of sp³-hybridized carbons (Fsp3) is 0.611. The van der Waals surface area contributed by atoms with Gasteiger partial charge in [0.2, 0.25) is 0 Å². The highest BCUT2D eigenvalue weighted by Crippen LogP contribution is 2.20. The maximum atomic E-state index is 12.8. The molecule has 1 aliphatic heterocycles. The first kappa shape index (κ1) is 17.7. The van der Waals surface area contributed by atoms with Gasteiger partial charge in [0.15, 0.2) is 5.69 Å². The first-order valence-corrected chi connectivity index (χ1v) is 9.09. The molecule has 7 nitrogen and oxygen atoms in total. The molecule has 2 aliphatic rings. The number of carbonyl (C=O) groups excluding carboxylic acids is 2.